The summed E-state index contributed by atoms with van der Waals surface area (Å²) in [5.41, 5.74) is 2.56. The van der Waals surface area contributed by atoms with Gasteiger partial charge in [0.25, 0.3) is 0 Å². The van der Waals surface area contributed by atoms with E-state index in [4.69, 9.17) is 0 Å². The van der Waals surface area contributed by atoms with Crippen LogP contribution in [-0.4, -0.2) is 45.1 Å². The number of anilines is 1. The summed E-state index contributed by atoms with van der Waals surface area (Å²) in [4.78, 5) is 14.2. The highest BCUT2D eigenvalue weighted by molar-refractivity contribution is 7.92. The van der Waals surface area contributed by atoms with E-state index in [1.807, 2.05) is 36.9 Å². The van der Waals surface area contributed by atoms with Crippen molar-refractivity contribution in [1.82, 2.24) is 4.90 Å². The fraction of sp³-hybridized carbons (Fsp3) is 0.588. The van der Waals surface area contributed by atoms with Crippen LogP contribution in [0, 0.1) is 13.8 Å². The second-order valence-electron chi connectivity index (χ2n) is 6.32. The standard InChI is InChI=1S/C17H26N2O3S/c1-14-7-8-15(2)16(13-14)19(23(3,21)22)12-9-17(20)18-10-5-4-6-11-18/h7-8,13H,4-6,9-12H2,1-3H3. The Hall–Kier alpha value is -1.56. The first-order valence-corrected chi connectivity index (χ1v) is 9.96. The topological polar surface area (TPSA) is 57.7 Å². The molecule has 1 aliphatic heterocycles. The zero-order valence-corrected chi connectivity index (χ0v) is 15.0. The Kier molecular flexibility index (Phi) is 5.68. The zero-order chi connectivity index (χ0) is 17.0. The van der Waals surface area contributed by atoms with Crippen LogP contribution in [-0.2, 0) is 14.8 Å². The summed E-state index contributed by atoms with van der Waals surface area (Å²) in [5, 5.41) is 0. The van der Waals surface area contributed by atoms with E-state index in [2.05, 4.69) is 0 Å². The van der Waals surface area contributed by atoms with Gasteiger partial charge < -0.3 is 4.90 Å². The number of hydrogen-bond acceptors (Lipinski definition) is 3. The monoisotopic (exact) mass is 338 g/mol. The van der Waals surface area contributed by atoms with Crippen molar-refractivity contribution in [1.29, 1.82) is 0 Å². The third kappa shape index (κ3) is 4.70. The molecule has 1 aliphatic rings. The molecule has 1 aromatic carbocycles. The molecular weight excluding hydrogens is 312 g/mol. The maximum absolute atomic E-state index is 12.3. The van der Waals surface area contributed by atoms with Gasteiger partial charge in [-0.15, -0.1) is 0 Å². The number of aryl methyl sites for hydroxylation is 2. The van der Waals surface area contributed by atoms with Gasteiger partial charge in [-0.05, 0) is 50.3 Å². The van der Waals surface area contributed by atoms with Gasteiger partial charge in [-0.3, -0.25) is 9.10 Å². The van der Waals surface area contributed by atoms with Crippen LogP contribution in [0.25, 0.3) is 0 Å². The van der Waals surface area contributed by atoms with Crippen molar-refractivity contribution in [3.8, 4) is 0 Å². The Labute approximate surface area is 139 Å². The number of hydrogen-bond donors (Lipinski definition) is 0. The predicted octanol–water partition coefficient (Wildman–Crippen LogP) is 2.47. The number of amides is 1. The maximum atomic E-state index is 12.3. The van der Waals surface area contributed by atoms with Crippen molar-refractivity contribution >= 4 is 21.6 Å². The first kappa shape index (κ1) is 17.8. The molecule has 5 nitrogen and oxygen atoms in total. The summed E-state index contributed by atoms with van der Waals surface area (Å²) in [7, 11) is -3.42. The van der Waals surface area contributed by atoms with Crippen molar-refractivity contribution in [3.63, 3.8) is 0 Å². The van der Waals surface area contributed by atoms with Crippen LogP contribution in [0.3, 0.4) is 0 Å². The Morgan fingerprint density at radius 1 is 1.17 bits per heavy atom. The molecule has 1 heterocycles. The molecule has 1 saturated heterocycles. The van der Waals surface area contributed by atoms with E-state index in [1.165, 1.54) is 17.0 Å². The smallest absolute Gasteiger partial charge is 0.232 e. The van der Waals surface area contributed by atoms with Crippen molar-refractivity contribution in [2.24, 2.45) is 0 Å². The first-order valence-electron chi connectivity index (χ1n) is 8.12. The molecule has 23 heavy (non-hydrogen) atoms. The Morgan fingerprint density at radius 2 is 1.83 bits per heavy atom. The number of piperidine rings is 1. The summed E-state index contributed by atoms with van der Waals surface area (Å²) in [6, 6.07) is 5.73. The van der Waals surface area contributed by atoms with Gasteiger partial charge in [0, 0.05) is 26.1 Å². The highest BCUT2D eigenvalue weighted by Gasteiger charge is 2.22. The second kappa shape index (κ2) is 7.34. The molecule has 0 unspecified atom stereocenters. The molecule has 1 fully saturated rings. The molecule has 0 radical (unpaired) electrons. The SMILES string of the molecule is Cc1ccc(C)c(N(CCC(=O)N2CCCCC2)S(C)(=O)=O)c1. The lowest BCUT2D eigenvalue weighted by atomic mass is 10.1. The highest BCUT2D eigenvalue weighted by Crippen LogP contribution is 2.24. The van der Waals surface area contributed by atoms with Crippen molar-refractivity contribution < 1.29 is 13.2 Å². The fourth-order valence-corrected chi connectivity index (χ4v) is 3.93. The molecule has 0 spiro atoms. The van der Waals surface area contributed by atoms with Crippen molar-refractivity contribution in [2.45, 2.75) is 39.5 Å². The highest BCUT2D eigenvalue weighted by atomic mass is 32.2. The third-order valence-corrected chi connectivity index (χ3v) is 5.45. The fourth-order valence-electron chi connectivity index (χ4n) is 2.95. The minimum atomic E-state index is -3.42. The number of likely N-dealkylation sites (tertiary alicyclic amines) is 1. The van der Waals surface area contributed by atoms with Crippen LogP contribution in [0.4, 0.5) is 5.69 Å². The molecule has 0 bridgehead atoms. The summed E-state index contributed by atoms with van der Waals surface area (Å²) < 4.78 is 25.7. The summed E-state index contributed by atoms with van der Waals surface area (Å²) >= 11 is 0. The van der Waals surface area contributed by atoms with Gasteiger partial charge in [0.2, 0.25) is 15.9 Å². The first-order chi connectivity index (χ1) is 10.8. The summed E-state index contributed by atoms with van der Waals surface area (Å²) in [5.74, 6) is 0.0451. The zero-order valence-electron chi connectivity index (χ0n) is 14.2. The molecule has 0 aromatic heterocycles. The van der Waals surface area contributed by atoms with Crippen LogP contribution in [0.5, 0.6) is 0 Å². The van der Waals surface area contributed by atoms with Gasteiger partial charge in [0.1, 0.15) is 0 Å². The molecule has 6 heteroatoms. The minimum absolute atomic E-state index is 0.0451. The van der Waals surface area contributed by atoms with Crippen LogP contribution in [0.2, 0.25) is 0 Å². The molecule has 0 N–H and O–H groups in total. The second-order valence-corrected chi connectivity index (χ2v) is 8.22. The Bertz CT molecular complexity index is 664. The number of benzene rings is 1. The number of rotatable bonds is 5. The molecule has 2 rings (SSSR count). The molecule has 1 amide bonds. The molecule has 0 aliphatic carbocycles. The van der Waals surface area contributed by atoms with E-state index in [9.17, 15) is 13.2 Å². The van der Waals surface area contributed by atoms with Gasteiger partial charge in [0.15, 0.2) is 0 Å². The lowest BCUT2D eigenvalue weighted by Gasteiger charge is -2.29. The van der Waals surface area contributed by atoms with Crippen molar-refractivity contribution in [3.05, 3.63) is 29.3 Å². The van der Waals surface area contributed by atoms with Gasteiger partial charge >= 0.3 is 0 Å². The lowest BCUT2D eigenvalue weighted by Crippen LogP contribution is -2.39. The van der Waals surface area contributed by atoms with Crippen molar-refractivity contribution in [2.75, 3.05) is 30.2 Å². The van der Waals surface area contributed by atoms with E-state index < -0.39 is 10.0 Å². The van der Waals surface area contributed by atoms with Gasteiger partial charge in [0.05, 0.1) is 11.9 Å². The molecule has 0 saturated carbocycles. The Balaban J connectivity index is 2.14. The average Bonchev–Trinajstić information content (AvgIpc) is 2.50. The van der Waals surface area contributed by atoms with Gasteiger partial charge in [-0.25, -0.2) is 8.42 Å². The van der Waals surface area contributed by atoms with E-state index in [1.54, 1.807) is 0 Å². The summed E-state index contributed by atoms with van der Waals surface area (Å²) in [6.07, 6.45) is 4.67. The maximum Gasteiger partial charge on any atom is 0.232 e. The van der Waals surface area contributed by atoms with Crippen LogP contribution in [0.1, 0.15) is 36.8 Å². The number of carbonyl (C=O) groups is 1. The number of sulfonamides is 1. The molecule has 128 valence electrons. The lowest BCUT2D eigenvalue weighted by molar-refractivity contribution is -0.131. The molecular formula is C17H26N2O3S. The van der Waals surface area contributed by atoms with E-state index in [-0.39, 0.29) is 18.9 Å². The minimum Gasteiger partial charge on any atom is -0.343 e. The number of carbonyl (C=O) groups excluding carboxylic acids is 1. The largest absolute Gasteiger partial charge is 0.343 e. The third-order valence-electron chi connectivity index (χ3n) is 4.27. The number of nitrogens with zero attached hydrogens (tertiary/aromatic N) is 2. The summed E-state index contributed by atoms with van der Waals surface area (Å²) in [6.45, 7) is 5.60. The van der Waals surface area contributed by atoms with Crippen LogP contribution >= 0.6 is 0 Å². The molecule has 1 aromatic rings. The van der Waals surface area contributed by atoms with Gasteiger partial charge in [-0.1, -0.05) is 12.1 Å². The van der Waals surface area contributed by atoms with E-state index >= 15 is 0 Å². The average molecular weight is 338 g/mol. The Morgan fingerprint density at radius 3 is 2.43 bits per heavy atom. The predicted molar refractivity (Wildman–Crippen MR) is 93.2 cm³/mol. The van der Waals surface area contributed by atoms with Crippen LogP contribution < -0.4 is 4.31 Å². The molecule has 0 atom stereocenters. The normalized spacial score (nSPS) is 15.5. The van der Waals surface area contributed by atoms with E-state index in [0.29, 0.717) is 5.69 Å². The van der Waals surface area contributed by atoms with Crippen LogP contribution in [0.15, 0.2) is 18.2 Å². The van der Waals surface area contributed by atoms with Gasteiger partial charge in [-0.2, -0.15) is 0 Å². The van der Waals surface area contributed by atoms with E-state index in [0.717, 1.165) is 37.1 Å². The quantitative estimate of drug-likeness (QED) is 0.829.